The molecule has 1 heterocycles. The number of hydrogen-bond acceptors (Lipinski definition) is 3. The van der Waals surface area contributed by atoms with E-state index in [-0.39, 0.29) is 29.9 Å². The molecule has 120 valence electrons. The Labute approximate surface area is 143 Å². The molecule has 0 atom stereocenters. The molecular formula is C14H25IN4O2. The van der Waals surface area contributed by atoms with Crippen LogP contribution < -0.4 is 5.32 Å². The van der Waals surface area contributed by atoms with Gasteiger partial charge in [0.2, 0.25) is 0 Å². The number of aliphatic imine (C=N–C) groups is 1. The summed E-state index contributed by atoms with van der Waals surface area (Å²) >= 11 is 0. The van der Waals surface area contributed by atoms with Gasteiger partial charge in [-0.25, -0.2) is 0 Å². The molecule has 0 saturated heterocycles. The van der Waals surface area contributed by atoms with Gasteiger partial charge in [0.05, 0.1) is 26.6 Å². The van der Waals surface area contributed by atoms with E-state index in [2.05, 4.69) is 25.7 Å². The van der Waals surface area contributed by atoms with Crippen molar-refractivity contribution in [2.75, 3.05) is 27.2 Å². The topological polar surface area (TPSA) is 58.9 Å². The van der Waals surface area contributed by atoms with Gasteiger partial charge in [0, 0.05) is 32.5 Å². The van der Waals surface area contributed by atoms with Gasteiger partial charge in [0.25, 0.3) is 0 Å². The van der Waals surface area contributed by atoms with E-state index in [4.69, 9.17) is 0 Å². The van der Waals surface area contributed by atoms with Gasteiger partial charge in [0.15, 0.2) is 5.96 Å². The second kappa shape index (κ2) is 10.5. The van der Waals surface area contributed by atoms with Crippen LogP contribution >= 0.6 is 24.0 Å². The number of aromatic nitrogens is 1. The molecule has 6 nitrogen and oxygen atoms in total. The number of hydrogen-bond donors (Lipinski definition) is 1. The number of ether oxygens (including phenoxy) is 1. The van der Waals surface area contributed by atoms with Crippen molar-refractivity contribution in [1.29, 1.82) is 0 Å². The van der Waals surface area contributed by atoms with E-state index >= 15 is 0 Å². The first-order valence-electron chi connectivity index (χ1n) is 6.75. The molecular weight excluding hydrogens is 383 g/mol. The van der Waals surface area contributed by atoms with Crippen molar-refractivity contribution in [1.82, 2.24) is 14.8 Å². The Morgan fingerprint density at radius 1 is 1.52 bits per heavy atom. The summed E-state index contributed by atoms with van der Waals surface area (Å²) in [5, 5.41) is 3.22. The Kier molecular flexibility index (Phi) is 9.85. The minimum absolute atomic E-state index is 0. The van der Waals surface area contributed by atoms with E-state index in [1.54, 1.807) is 0 Å². The van der Waals surface area contributed by atoms with E-state index in [1.165, 1.54) is 12.8 Å². The standard InChI is InChI=1S/C14H24N4O2.HI/c1-5-15-14(16-9-8-13(19)20-4)18(3)11-12-7-6-10-17(12)2;/h6-7,10H,5,8-9,11H2,1-4H3,(H,15,16);1H. The van der Waals surface area contributed by atoms with Crippen LogP contribution in [0.1, 0.15) is 19.0 Å². The van der Waals surface area contributed by atoms with Crippen LogP contribution in [0.3, 0.4) is 0 Å². The molecule has 0 fully saturated rings. The first-order chi connectivity index (χ1) is 9.58. The van der Waals surface area contributed by atoms with E-state index in [9.17, 15) is 4.79 Å². The third kappa shape index (κ3) is 6.83. The molecule has 7 heteroatoms. The second-order valence-corrected chi connectivity index (χ2v) is 4.53. The van der Waals surface area contributed by atoms with E-state index < -0.39 is 0 Å². The monoisotopic (exact) mass is 408 g/mol. The fourth-order valence-electron chi connectivity index (χ4n) is 1.80. The normalized spacial score (nSPS) is 10.8. The Morgan fingerprint density at radius 2 is 2.24 bits per heavy atom. The van der Waals surface area contributed by atoms with E-state index in [0.717, 1.165) is 19.0 Å². The van der Waals surface area contributed by atoms with Crippen LogP contribution in [0, 0.1) is 0 Å². The molecule has 21 heavy (non-hydrogen) atoms. The van der Waals surface area contributed by atoms with Crippen LogP contribution in [-0.4, -0.2) is 48.6 Å². The SMILES string of the molecule is CCNC(=NCCC(=O)OC)N(C)Cc1cccn1C.I. The molecule has 0 radical (unpaired) electrons. The van der Waals surface area contributed by atoms with E-state index in [1.807, 2.05) is 38.2 Å². The molecule has 1 N–H and O–H groups in total. The molecule has 1 rings (SSSR count). The highest BCUT2D eigenvalue weighted by molar-refractivity contribution is 14.0. The number of esters is 1. The van der Waals surface area contributed by atoms with Gasteiger partial charge < -0.3 is 19.5 Å². The number of halogens is 1. The number of carbonyl (C=O) groups excluding carboxylic acids is 1. The van der Waals surface area contributed by atoms with Gasteiger partial charge in [-0.2, -0.15) is 0 Å². The summed E-state index contributed by atoms with van der Waals surface area (Å²) in [6, 6.07) is 4.10. The third-order valence-electron chi connectivity index (χ3n) is 2.95. The van der Waals surface area contributed by atoms with Crippen molar-refractivity contribution in [2.24, 2.45) is 12.0 Å². The highest BCUT2D eigenvalue weighted by atomic mass is 127. The molecule has 0 amide bonds. The maximum absolute atomic E-state index is 11.1. The highest BCUT2D eigenvalue weighted by Gasteiger charge is 2.08. The quantitative estimate of drug-likeness (QED) is 0.336. The maximum atomic E-state index is 11.1. The van der Waals surface area contributed by atoms with E-state index in [0.29, 0.717) is 13.0 Å². The lowest BCUT2D eigenvalue weighted by Gasteiger charge is -2.22. The predicted molar refractivity (Wildman–Crippen MR) is 94.9 cm³/mol. The van der Waals surface area contributed by atoms with Crippen LogP contribution in [0.2, 0.25) is 0 Å². The lowest BCUT2D eigenvalue weighted by molar-refractivity contribution is -0.140. The van der Waals surface area contributed by atoms with Crippen molar-refractivity contribution in [2.45, 2.75) is 19.9 Å². The Balaban J connectivity index is 0.00000400. The molecule has 0 unspecified atom stereocenters. The number of aryl methyl sites for hydroxylation is 1. The largest absolute Gasteiger partial charge is 0.469 e. The zero-order valence-electron chi connectivity index (χ0n) is 13.1. The average Bonchev–Trinajstić information content (AvgIpc) is 2.83. The van der Waals surface area contributed by atoms with Crippen molar-refractivity contribution in [3.8, 4) is 0 Å². The molecule has 0 aromatic carbocycles. The predicted octanol–water partition coefficient (Wildman–Crippen LogP) is 1.60. The molecule has 0 bridgehead atoms. The zero-order chi connectivity index (χ0) is 15.0. The molecule has 1 aromatic rings. The molecule has 0 spiro atoms. The summed E-state index contributed by atoms with van der Waals surface area (Å²) in [4.78, 5) is 17.6. The summed E-state index contributed by atoms with van der Waals surface area (Å²) in [6.45, 7) is 3.99. The first-order valence-corrected chi connectivity index (χ1v) is 6.75. The smallest absolute Gasteiger partial charge is 0.307 e. The maximum Gasteiger partial charge on any atom is 0.307 e. The second-order valence-electron chi connectivity index (χ2n) is 4.53. The van der Waals surface area contributed by atoms with Crippen molar-refractivity contribution < 1.29 is 9.53 Å². The molecule has 0 aliphatic heterocycles. The van der Waals surface area contributed by atoms with Crippen LogP contribution in [0.15, 0.2) is 23.3 Å². The number of carbonyl (C=O) groups is 1. The lowest BCUT2D eigenvalue weighted by Crippen LogP contribution is -2.39. The number of guanidine groups is 1. The fourth-order valence-corrected chi connectivity index (χ4v) is 1.80. The molecule has 0 aliphatic carbocycles. The van der Waals surface area contributed by atoms with Crippen LogP contribution in [0.25, 0.3) is 0 Å². The minimum Gasteiger partial charge on any atom is -0.469 e. The van der Waals surface area contributed by atoms with Crippen molar-refractivity contribution in [3.63, 3.8) is 0 Å². The number of methoxy groups -OCH3 is 1. The lowest BCUT2D eigenvalue weighted by atomic mass is 10.4. The van der Waals surface area contributed by atoms with Gasteiger partial charge >= 0.3 is 5.97 Å². The highest BCUT2D eigenvalue weighted by Crippen LogP contribution is 2.03. The number of nitrogens with one attached hydrogen (secondary N) is 1. The van der Waals surface area contributed by atoms with Crippen molar-refractivity contribution >= 4 is 35.9 Å². The van der Waals surface area contributed by atoms with Crippen LogP contribution in [0.5, 0.6) is 0 Å². The minimum atomic E-state index is -0.241. The molecule has 0 aliphatic rings. The fraction of sp³-hybridized carbons (Fsp3) is 0.571. The summed E-state index contributed by atoms with van der Waals surface area (Å²) in [5.74, 6) is 0.548. The Hall–Kier alpha value is -1.25. The third-order valence-corrected chi connectivity index (χ3v) is 2.95. The van der Waals surface area contributed by atoms with Gasteiger partial charge in [0.1, 0.15) is 0 Å². The van der Waals surface area contributed by atoms with Gasteiger partial charge in [-0.3, -0.25) is 9.79 Å². The zero-order valence-corrected chi connectivity index (χ0v) is 15.5. The Morgan fingerprint density at radius 3 is 2.76 bits per heavy atom. The summed E-state index contributed by atoms with van der Waals surface area (Å²) in [6.07, 6.45) is 2.31. The first kappa shape index (κ1) is 19.8. The van der Waals surface area contributed by atoms with Crippen LogP contribution in [-0.2, 0) is 23.1 Å². The molecule has 1 aromatic heterocycles. The van der Waals surface area contributed by atoms with Gasteiger partial charge in [-0.05, 0) is 19.1 Å². The number of nitrogens with zero attached hydrogens (tertiary/aromatic N) is 3. The summed E-state index contributed by atoms with van der Waals surface area (Å²) in [5.41, 5.74) is 1.20. The Bertz CT molecular complexity index is 460. The van der Waals surface area contributed by atoms with Crippen molar-refractivity contribution in [3.05, 3.63) is 24.0 Å². The average molecular weight is 408 g/mol. The number of rotatable bonds is 6. The summed E-state index contributed by atoms with van der Waals surface area (Å²) < 4.78 is 6.69. The molecule has 0 saturated carbocycles. The van der Waals surface area contributed by atoms with Gasteiger partial charge in [-0.1, -0.05) is 0 Å². The summed E-state index contributed by atoms with van der Waals surface area (Å²) in [7, 11) is 5.38. The van der Waals surface area contributed by atoms with Gasteiger partial charge in [-0.15, -0.1) is 24.0 Å². The van der Waals surface area contributed by atoms with Crippen LogP contribution in [0.4, 0.5) is 0 Å².